The summed E-state index contributed by atoms with van der Waals surface area (Å²) in [5, 5.41) is 21.0. The zero-order chi connectivity index (χ0) is 17.2. The molecule has 24 heavy (non-hydrogen) atoms. The third kappa shape index (κ3) is 3.56. The minimum Gasteiger partial charge on any atom is -0.507 e. The Morgan fingerprint density at radius 2 is 1.88 bits per heavy atom. The van der Waals surface area contributed by atoms with Crippen LogP contribution in [0.1, 0.15) is 51.5 Å². The lowest BCUT2D eigenvalue weighted by atomic mass is 10.0. The van der Waals surface area contributed by atoms with Crippen LogP contribution in [0.15, 0.2) is 46.9 Å². The Labute approximate surface area is 153 Å². The van der Waals surface area contributed by atoms with Gasteiger partial charge in [0.15, 0.2) is 4.93 Å². The van der Waals surface area contributed by atoms with E-state index in [9.17, 15) is 10.2 Å². The lowest BCUT2D eigenvalue weighted by Gasteiger charge is -2.19. The van der Waals surface area contributed by atoms with E-state index >= 15 is 0 Å². The highest BCUT2D eigenvalue weighted by Gasteiger charge is 2.68. The maximum absolute atomic E-state index is 10.7. The fourth-order valence-corrected chi connectivity index (χ4v) is 5.96. The van der Waals surface area contributed by atoms with Gasteiger partial charge in [-0.15, -0.1) is 0 Å². The Hall–Kier alpha value is -0.840. The summed E-state index contributed by atoms with van der Waals surface area (Å²) in [5.41, 5.74) is 2.55. The number of allylic oxidation sites excluding steroid dienone is 2. The van der Waals surface area contributed by atoms with Crippen LogP contribution < -0.4 is 0 Å². The van der Waals surface area contributed by atoms with E-state index in [0.29, 0.717) is 5.75 Å². The molecule has 1 aromatic carbocycles. The highest BCUT2D eigenvalue weighted by Crippen LogP contribution is 2.73. The SMILES string of the molecule is CCCCC1=CC2(Sc3cc(CCCC)ccc3O)SC2(O)C=C1. The number of benzene rings is 1. The van der Waals surface area contributed by atoms with Crippen LogP contribution in [0.4, 0.5) is 0 Å². The standard InChI is InChI=1S/C20H26O2S2/c1-3-5-7-15-9-10-17(21)18(13-15)23-20-14-16(8-6-4-2)11-12-19(20,22)24-20/h9-14,21-22H,3-8H2,1-2H3. The molecule has 1 fully saturated rings. The molecule has 2 atom stereocenters. The first-order valence-corrected chi connectivity index (χ1v) is 10.5. The Bertz CT molecular complexity index is 668. The van der Waals surface area contributed by atoms with Crippen LogP contribution in [0.2, 0.25) is 0 Å². The average molecular weight is 363 g/mol. The Morgan fingerprint density at radius 3 is 2.62 bits per heavy atom. The molecule has 1 saturated heterocycles. The number of hydrogen-bond acceptors (Lipinski definition) is 4. The van der Waals surface area contributed by atoms with Crippen LogP contribution in [-0.4, -0.2) is 19.2 Å². The second kappa shape index (κ2) is 7.19. The van der Waals surface area contributed by atoms with Crippen LogP contribution in [0.3, 0.4) is 0 Å². The van der Waals surface area contributed by atoms with Crippen LogP contribution >= 0.6 is 23.5 Å². The van der Waals surface area contributed by atoms with Gasteiger partial charge in [-0.2, -0.15) is 0 Å². The monoisotopic (exact) mass is 362 g/mol. The molecule has 4 heteroatoms. The zero-order valence-electron chi connectivity index (χ0n) is 14.4. The van der Waals surface area contributed by atoms with Gasteiger partial charge in [-0.1, -0.05) is 68.4 Å². The number of aromatic hydroxyl groups is 1. The number of fused-ring (bicyclic) bond motifs is 1. The number of phenolic OH excluding ortho intramolecular Hbond substituents is 1. The van der Waals surface area contributed by atoms with Gasteiger partial charge in [0.25, 0.3) is 0 Å². The summed E-state index contributed by atoms with van der Waals surface area (Å²) in [5.74, 6) is 0.308. The first kappa shape index (κ1) is 18.0. The van der Waals surface area contributed by atoms with Gasteiger partial charge in [0.1, 0.15) is 9.83 Å². The highest BCUT2D eigenvalue weighted by molar-refractivity contribution is 8.26. The van der Waals surface area contributed by atoms with Crippen LogP contribution in [-0.2, 0) is 6.42 Å². The molecule has 1 aliphatic heterocycles. The Balaban J connectivity index is 1.80. The van der Waals surface area contributed by atoms with E-state index < -0.39 is 4.93 Å². The van der Waals surface area contributed by atoms with E-state index in [1.807, 2.05) is 12.1 Å². The van der Waals surface area contributed by atoms with Crippen LogP contribution in [0, 0.1) is 0 Å². The van der Waals surface area contributed by atoms with Gasteiger partial charge in [0.2, 0.25) is 0 Å². The number of rotatable bonds is 8. The minimum atomic E-state index is -0.834. The topological polar surface area (TPSA) is 40.5 Å². The van der Waals surface area contributed by atoms with Crippen molar-refractivity contribution >= 4 is 23.5 Å². The molecule has 1 aromatic rings. The molecule has 3 rings (SSSR count). The van der Waals surface area contributed by atoms with E-state index in [-0.39, 0.29) is 4.08 Å². The molecule has 1 aliphatic carbocycles. The largest absolute Gasteiger partial charge is 0.507 e. The minimum absolute atomic E-state index is 0.308. The molecule has 2 aliphatic rings. The van der Waals surface area contributed by atoms with Crippen molar-refractivity contribution in [3.05, 3.63) is 47.6 Å². The first-order chi connectivity index (χ1) is 11.5. The molecule has 130 valence electrons. The molecular formula is C20H26O2S2. The lowest BCUT2D eigenvalue weighted by molar-refractivity contribution is 0.221. The third-order valence-electron chi connectivity index (χ3n) is 4.59. The molecule has 2 unspecified atom stereocenters. The van der Waals surface area contributed by atoms with E-state index in [2.05, 4.69) is 32.1 Å². The van der Waals surface area contributed by atoms with Gasteiger partial charge < -0.3 is 10.2 Å². The molecule has 0 bridgehead atoms. The fourth-order valence-electron chi connectivity index (χ4n) is 3.00. The summed E-state index contributed by atoms with van der Waals surface area (Å²) < 4.78 is -0.383. The number of unbranched alkanes of at least 4 members (excludes halogenated alkanes) is 2. The van der Waals surface area contributed by atoms with E-state index in [1.54, 1.807) is 29.6 Å². The predicted molar refractivity (Wildman–Crippen MR) is 105 cm³/mol. The zero-order valence-corrected chi connectivity index (χ0v) is 16.1. The van der Waals surface area contributed by atoms with E-state index in [0.717, 1.165) is 37.0 Å². The van der Waals surface area contributed by atoms with Crippen molar-refractivity contribution in [1.29, 1.82) is 0 Å². The van der Waals surface area contributed by atoms with E-state index in [1.165, 1.54) is 17.6 Å². The average Bonchev–Trinajstić information content (AvgIpc) is 3.18. The van der Waals surface area contributed by atoms with Crippen molar-refractivity contribution in [2.45, 2.75) is 66.3 Å². The normalized spacial score (nSPS) is 27.7. The first-order valence-electron chi connectivity index (χ1n) is 8.86. The van der Waals surface area contributed by atoms with Gasteiger partial charge in [0.05, 0.1) is 4.90 Å². The van der Waals surface area contributed by atoms with Crippen molar-refractivity contribution in [3.63, 3.8) is 0 Å². The fraction of sp³-hybridized carbons (Fsp3) is 0.500. The summed E-state index contributed by atoms with van der Waals surface area (Å²) >= 11 is 3.14. The Morgan fingerprint density at radius 1 is 1.12 bits per heavy atom. The lowest BCUT2D eigenvalue weighted by Crippen LogP contribution is -2.21. The molecule has 0 saturated carbocycles. The maximum atomic E-state index is 10.7. The maximum Gasteiger partial charge on any atom is 0.159 e. The van der Waals surface area contributed by atoms with Crippen molar-refractivity contribution < 1.29 is 10.2 Å². The number of aliphatic hydroxyl groups is 1. The van der Waals surface area contributed by atoms with E-state index in [4.69, 9.17) is 0 Å². The van der Waals surface area contributed by atoms with Gasteiger partial charge in [-0.3, -0.25) is 0 Å². The Kier molecular flexibility index (Phi) is 5.38. The second-order valence-corrected chi connectivity index (χ2v) is 9.65. The third-order valence-corrected chi connectivity index (χ3v) is 7.79. The summed E-state index contributed by atoms with van der Waals surface area (Å²) in [7, 11) is 0. The molecule has 0 amide bonds. The molecule has 2 N–H and O–H groups in total. The number of phenols is 1. The molecule has 1 heterocycles. The molecule has 2 nitrogen and oxygen atoms in total. The predicted octanol–water partition coefficient (Wildman–Crippen LogP) is 5.65. The molecular weight excluding hydrogens is 336 g/mol. The van der Waals surface area contributed by atoms with Crippen molar-refractivity contribution in [2.24, 2.45) is 0 Å². The number of aryl methyl sites for hydroxylation is 1. The smallest absolute Gasteiger partial charge is 0.159 e. The molecule has 0 aromatic heterocycles. The summed E-state index contributed by atoms with van der Waals surface area (Å²) in [4.78, 5) is 0.0348. The second-order valence-electron chi connectivity index (χ2n) is 6.63. The summed E-state index contributed by atoms with van der Waals surface area (Å²) in [6.45, 7) is 4.38. The quantitative estimate of drug-likeness (QED) is 0.587. The summed E-state index contributed by atoms with van der Waals surface area (Å²) in [6.07, 6.45) is 12.9. The number of thioether (sulfide) groups is 2. The highest BCUT2D eigenvalue weighted by atomic mass is 32.2. The van der Waals surface area contributed by atoms with Crippen molar-refractivity contribution in [1.82, 2.24) is 0 Å². The van der Waals surface area contributed by atoms with Gasteiger partial charge >= 0.3 is 0 Å². The number of hydrogen-bond donors (Lipinski definition) is 2. The van der Waals surface area contributed by atoms with Crippen LogP contribution in [0.5, 0.6) is 5.75 Å². The van der Waals surface area contributed by atoms with Crippen molar-refractivity contribution in [2.75, 3.05) is 0 Å². The van der Waals surface area contributed by atoms with Gasteiger partial charge in [-0.25, -0.2) is 0 Å². The van der Waals surface area contributed by atoms with Crippen LogP contribution in [0.25, 0.3) is 0 Å². The van der Waals surface area contributed by atoms with Crippen molar-refractivity contribution in [3.8, 4) is 5.75 Å². The van der Waals surface area contributed by atoms with Gasteiger partial charge in [0, 0.05) is 0 Å². The molecule has 0 spiro atoms. The van der Waals surface area contributed by atoms with Gasteiger partial charge in [-0.05, 0) is 55.0 Å². The molecule has 0 radical (unpaired) electrons. The summed E-state index contributed by atoms with van der Waals surface area (Å²) in [6, 6.07) is 5.88.